The Hall–Kier alpha value is -1.33. The van der Waals surface area contributed by atoms with Crippen LogP contribution in [0.25, 0.3) is 0 Å². The molecule has 1 aromatic heterocycles. The molecule has 3 rings (SSSR count). The van der Waals surface area contributed by atoms with E-state index in [2.05, 4.69) is 15.5 Å². The van der Waals surface area contributed by atoms with Gasteiger partial charge in [-0.15, -0.1) is 16.9 Å². The first-order chi connectivity index (χ1) is 10.7. The van der Waals surface area contributed by atoms with Crippen molar-refractivity contribution in [3.8, 4) is 0 Å². The largest absolute Gasteiger partial charge is 0.480 e. The highest BCUT2D eigenvalue weighted by molar-refractivity contribution is 8.05. The van der Waals surface area contributed by atoms with Crippen molar-refractivity contribution in [1.82, 2.24) is 25.1 Å². The van der Waals surface area contributed by atoms with Gasteiger partial charge in [0, 0.05) is 19.3 Å². The Bertz CT molecular complexity index is 660. The zero-order valence-corrected chi connectivity index (χ0v) is 14.5. The van der Waals surface area contributed by atoms with E-state index in [0.29, 0.717) is 5.16 Å². The molecule has 3 atom stereocenters. The molecule has 2 fully saturated rings. The third-order valence-corrected chi connectivity index (χ3v) is 7.17. The first kappa shape index (κ1) is 16.5. The Morgan fingerprint density at radius 2 is 2.26 bits per heavy atom. The summed E-state index contributed by atoms with van der Waals surface area (Å²) >= 11 is 2.47. The molecule has 126 valence electrons. The fraction of sp³-hybridized carbons (Fsp3) is 0.750. The second kappa shape index (κ2) is 5.35. The van der Waals surface area contributed by atoms with E-state index in [9.17, 15) is 19.8 Å². The minimum absolute atomic E-state index is 0.126. The van der Waals surface area contributed by atoms with E-state index in [1.807, 2.05) is 0 Å². The summed E-state index contributed by atoms with van der Waals surface area (Å²) in [7, 11) is 1.68. The van der Waals surface area contributed by atoms with E-state index < -0.39 is 22.2 Å². The number of carboxylic acid groups (broad SMARTS) is 1. The summed E-state index contributed by atoms with van der Waals surface area (Å²) in [5.41, 5.74) is -1.17. The highest BCUT2D eigenvalue weighted by atomic mass is 32.2. The Morgan fingerprint density at radius 1 is 1.57 bits per heavy atom. The van der Waals surface area contributed by atoms with Crippen LogP contribution in [0, 0.1) is 5.92 Å². The molecule has 2 saturated heterocycles. The first-order valence-electron chi connectivity index (χ1n) is 6.95. The average molecular weight is 359 g/mol. The second-order valence-electron chi connectivity index (χ2n) is 6.28. The zero-order valence-electron chi connectivity index (χ0n) is 12.8. The molecule has 0 radical (unpaired) electrons. The van der Waals surface area contributed by atoms with Crippen LogP contribution >= 0.6 is 23.5 Å². The van der Waals surface area contributed by atoms with Gasteiger partial charge in [0.2, 0.25) is 11.1 Å². The van der Waals surface area contributed by atoms with Gasteiger partial charge in [-0.2, -0.15) is 0 Å². The van der Waals surface area contributed by atoms with Gasteiger partial charge in [0.05, 0.1) is 16.9 Å². The molecule has 0 spiro atoms. The summed E-state index contributed by atoms with van der Waals surface area (Å²) in [5.74, 6) is -1.50. The third-order valence-electron chi connectivity index (χ3n) is 4.08. The van der Waals surface area contributed by atoms with Gasteiger partial charge >= 0.3 is 5.97 Å². The van der Waals surface area contributed by atoms with Crippen molar-refractivity contribution in [2.45, 2.75) is 34.7 Å². The van der Waals surface area contributed by atoms with Crippen LogP contribution in [0.15, 0.2) is 5.16 Å². The Kier molecular flexibility index (Phi) is 3.84. The number of thioether (sulfide) groups is 2. The number of aryl methyl sites for hydroxylation is 1. The number of aliphatic hydroxyl groups is 1. The number of carboxylic acids is 1. The molecule has 2 aliphatic heterocycles. The molecular formula is C12H17N5O4S2. The molecular weight excluding hydrogens is 342 g/mol. The lowest BCUT2D eigenvalue weighted by atomic mass is 9.83. The smallest absolute Gasteiger partial charge is 0.322 e. The van der Waals surface area contributed by atoms with Crippen LogP contribution in [0.2, 0.25) is 0 Å². The lowest BCUT2D eigenvalue weighted by Gasteiger charge is -2.46. The van der Waals surface area contributed by atoms with Crippen molar-refractivity contribution in [2.75, 3.05) is 12.3 Å². The van der Waals surface area contributed by atoms with Crippen LogP contribution < -0.4 is 0 Å². The minimum atomic E-state index is -1.17. The molecule has 0 bridgehead atoms. The number of nitrogens with zero attached hydrogens (tertiary/aromatic N) is 5. The molecule has 3 heterocycles. The van der Waals surface area contributed by atoms with Crippen LogP contribution in [0.5, 0.6) is 0 Å². The van der Waals surface area contributed by atoms with Crippen LogP contribution in [-0.4, -0.2) is 75.2 Å². The minimum Gasteiger partial charge on any atom is -0.480 e. The van der Waals surface area contributed by atoms with Gasteiger partial charge in [0.1, 0.15) is 4.75 Å². The number of tetrazole rings is 1. The van der Waals surface area contributed by atoms with Crippen LogP contribution in [0.4, 0.5) is 0 Å². The summed E-state index contributed by atoms with van der Waals surface area (Å²) < 4.78 is 0.344. The molecule has 1 amide bonds. The molecule has 23 heavy (non-hydrogen) atoms. The van der Waals surface area contributed by atoms with E-state index in [1.54, 1.807) is 20.9 Å². The lowest BCUT2D eigenvalue weighted by Crippen LogP contribution is -2.63. The topological polar surface area (TPSA) is 121 Å². The number of aromatic nitrogens is 4. The predicted molar refractivity (Wildman–Crippen MR) is 82.8 cm³/mol. The van der Waals surface area contributed by atoms with Crippen LogP contribution in [-0.2, 0) is 16.6 Å². The molecule has 2 aliphatic rings. The quantitative estimate of drug-likeness (QED) is 0.525. The van der Waals surface area contributed by atoms with Gasteiger partial charge in [-0.05, 0) is 24.3 Å². The number of hydrogen-bond acceptors (Lipinski definition) is 8. The molecule has 0 aromatic carbocycles. The number of rotatable bonds is 5. The lowest BCUT2D eigenvalue weighted by molar-refractivity contribution is -0.163. The maximum Gasteiger partial charge on any atom is 0.322 e. The average Bonchev–Trinajstić information content (AvgIpc) is 2.97. The maximum atomic E-state index is 12.2. The summed E-state index contributed by atoms with van der Waals surface area (Å²) in [5, 5.41) is 31.1. The standard InChI is InChI=1S/C12H17N5O4S2/c1-11(2,21)6-7(18)17-4-12(9(19)20,23-8(6)17)5-22-10-13-14-15-16(10)3/h6,8,21H,4-5H2,1-3H3,(H,19,20)/t6-,8-,12?/m1/s1. The SMILES string of the molecule is Cn1nnnc1SCC1(C(=O)O)CN2C(=O)[C@@H](C(C)(C)O)[C@H]2S1. The van der Waals surface area contributed by atoms with E-state index in [0.717, 1.165) is 0 Å². The molecule has 11 heteroatoms. The number of hydrogen-bond donors (Lipinski definition) is 2. The Morgan fingerprint density at radius 3 is 2.78 bits per heavy atom. The van der Waals surface area contributed by atoms with Gasteiger partial charge < -0.3 is 15.1 Å². The molecule has 2 N–H and O–H groups in total. The van der Waals surface area contributed by atoms with Crippen molar-refractivity contribution in [1.29, 1.82) is 0 Å². The molecule has 1 unspecified atom stereocenters. The molecule has 0 saturated carbocycles. The Balaban J connectivity index is 1.78. The van der Waals surface area contributed by atoms with E-state index >= 15 is 0 Å². The number of fused-ring (bicyclic) bond motifs is 1. The van der Waals surface area contributed by atoms with Gasteiger partial charge in [-0.3, -0.25) is 9.59 Å². The van der Waals surface area contributed by atoms with Gasteiger partial charge in [-0.1, -0.05) is 11.8 Å². The monoisotopic (exact) mass is 359 g/mol. The fourth-order valence-electron chi connectivity index (χ4n) is 2.80. The highest BCUT2D eigenvalue weighted by Gasteiger charge is 2.64. The molecule has 9 nitrogen and oxygen atoms in total. The normalized spacial score (nSPS) is 30.3. The fourth-order valence-corrected chi connectivity index (χ4v) is 5.81. The predicted octanol–water partition coefficient (Wildman–Crippen LogP) is -0.572. The van der Waals surface area contributed by atoms with Crippen molar-refractivity contribution < 1.29 is 19.8 Å². The summed E-state index contributed by atoms with van der Waals surface area (Å²) in [6.45, 7) is 3.28. The number of β-lactam (4-membered cyclic amide) rings is 1. The van der Waals surface area contributed by atoms with Crippen molar-refractivity contribution in [2.24, 2.45) is 13.0 Å². The molecule has 0 aliphatic carbocycles. The van der Waals surface area contributed by atoms with Gasteiger partial charge in [0.25, 0.3) is 0 Å². The number of carbonyl (C=O) groups excluding carboxylic acids is 1. The first-order valence-corrected chi connectivity index (χ1v) is 8.81. The third kappa shape index (κ3) is 2.60. The van der Waals surface area contributed by atoms with Crippen LogP contribution in [0.3, 0.4) is 0 Å². The zero-order chi connectivity index (χ0) is 17.0. The highest BCUT2D eigenvalue weighted by Crippen LogP contribution is 2.53. The van der Waals surface area contributed by atoms with Gasteiger partial charge in [0.15, 0.2) is 0 Å². The van der Waals surface area contributed by atoms with Crippen molar-refractivity contribution >= 4 is 35.4 Å². The van der Waals surface area contributed by atoms with E-state index in [4.69, 9.17) is 0 Å². The van der Waals surface area contributed by atoms with E-state index in [-0.39, 0.29) is 23.6 Å². The second-order valence-corrected chi connectivity index (χ2v) is 8.72. The van der Waals surface area contributed by atoms with Crippen LogP contribution in [0.1, 0.15) is 13.8 Å². The van der Waals surface area contributed by atoms with Crippen molar-refractivity contribution in [3.63, 3.8) is 0 Å². The summed E-state index contributed by atoms with van der Waals surface area (Å²) in [6.07, 6.45) is 0. The maximum absolute atomic E-state index is 12.2. The summed E-state index contributed by atoms with van der Waals surface area (Å²) in [4.78, 5) is 25.6. The van der Waals surface area contributed by atoms with Crippen molar-refractivity contribution in [3.05, 3.63) is 0 Å². The van der Waals surface area contributed by atoms with E-state index in [1.165, 1.54) is 33.1 Å². The number of carbonyl (C=O) groups is 2. The number of aliphatic carboxylic acids is 1. The Labute approximate surface area is 140 Å². The van der Waals surface area contributed by atoms with Gasteiger partial charge in [-0.25, -0.2) is 4.68 Å². The molecule has 1 aromatic rings. The summed E-state index contributed by atoms with van der Waals surface area (Å²) in [6, 6.07) is 0. The number of amides is 1.